The predicted molar refractivity (Wildman–Crippen MR) is 79.6 cm³/mol. The van der Waals surface area contributed by atoms with Crippen LogP contribution in [-0.2, 0) is 0 Å². The van der Waals surface area contributed by atoms with Crippen LogP contribution in [0.15, 0.2) is 29.6 Å². The summed E-state index contributed by atoms with van der Waals surface area (Å²) in [5.41, 5.74) is 5.78. The Morgan fingerprint density at radius 1 is 1.45 bits per heavy atom. The number of amides is 1. The highest BCUT2D eigenvalue weighted by atomic mass is 35.5. The van der Waals surface area contributed by atoms with Crippen LogP contribution in [0.1, 0.15) is 15.2 Å². The molecule has 3 nitrogen and oxygen atoms in total. The van der Waals surface area contributed by atoms with E-state index in [0.29, 0.717) is 5.56 Å². The summed E-state index contributed by atoms with van der Waals surface area (Å²) < 4.78 is 13.6. The third kappa shape index (κ3) is 3.58. The van der Waals surface area contributed by atoms with Gasteiger partial charge in [0.2, 0.25) is 0 Å². The van der Waals surface area contributed by atoms with Crippen LogP contribution in [0.3, 0.4) is 0 Å². The Labute approximate surface area is 124 Å². The molecular formula is C14H10ClFN2OS. The van der Waals surface area contributed by atoms with Gasteiger partial charge >= 0.3 is 0 Å². The number of halogens is 2. The number of hydrogen-bond acceptors (Lipinski definition) is 3. The molecule has 0 saturated carbocycles. The van der Waals surface area contributed by atoms with Crippen LogP contribution in [0.4, 0.5) is 10.1 Å². The van der Waals surface area contributed by atoms with E-state index in [4.69, 9.17) is 17.3 Å². The largest absolute Gasteiger partial charge is 0.320 e. The quantitative estimate of drug-likeness (QED) is 0.838. The molecule has 2 rings (SSSR count). The first kappa shape index (κ1) is 14.5. The second-order valence-corrected chi connectivity index (χ2v) is 5.13. The molecule has 102 valence electrons. The fraction of sp³-hybridized carbons (Fsp3) is 0.0714. The molecule has 20 heavy (non-hydrogen) atoms. The fourth-order valence-corrected chi connectivity index (χ4v) is 2.36. The van der Waals surface area contributed by atoms with Gasteiger partial charge in [0.05, 0.1) is 22.7 Å². The minimum absolute atomic E-state index is 0.0835. The second-order valence-electron chi connectivity index (χ2n) is 3.78. The summed E-state index contributed by atoms with van der Waals surface area (Å²) in [4.78, 5) is 12.7. The van der Waals surface area contributed by atoms with E-state index >= 15 is 0 Å². The Bertz CT molecular complexity index is 703. The minimum Gasteiger partial charge on any atom is -0.320 e. The normalized spacial score (nSPS) is 9.75. The summed E-state index contributed by atoms with van der Waals surface area (Å²) >= 11 is 6.98. The zero-order valence-electron chi connectivity index (χ0n) is 10.2. The summed E-state index contributed by atoms with van der Waals surface area (Å²) in [7, 11) is 0. The summed E-state index contributed by atoms with van der Waals surface area (Å²) in [5, 5.41) is 4.41. The molecule has 1 heterocycles. The number of rotatable bonds is 2. The van der Waals surface area contributed by atoms with Crippen molar-refractivity contribution in [2.45, 2.75) is 0 Å². The lowest BCUT2D eigenvalue weighted by molar-refractivity contribution is 0.102. The van der Waals surface area contributed by atoms with Gasteiger partial charge in [0.15, 0.2) is 0 Å². The van der Waals surface area contributed by atoms with Crippen LogP contribution in [0.2, 0.25) is 5.02 Å². The van der Waals surface area contributed by atoms with Crippen molar-refractivity contribution >= 4 is 34.5 Å². The number of nitrogens with two attached hydrogens (primary N) is 1. The second kappa shape index (κ2) is 6.53. The van der Waals surface area contributed by atoms with E-state index in [-0.39, 0.29) is 17.3 Å². The molecule has 2 aromatic rings. The predicted octanol–water partition coefficient (Wildman–Crippen LogP) is 3.10. The van der Waals surface area contributed by atoms with E-state index in [0.717, 1.165) is 10.9 Å². The molecule has 0 aliphatic carbocycles. The highest BCUT2D eigenvalue weighted by molar-refractivity contribution is 7.10. The number of hydrogen-bond donors (Lipinski definition) is 2. The molecular weight excluding hydrogens is 299 g/mol. The van der Waals surface area contributed by atoms with Crippen LogP contribution < -0.4 is 11.1 Å². The van der Waals surface area contributed by atoms with Gasteiger partial charge in [-0.15, -0.1) is 11.3 Å². The van der Waals surface area contributed by atoms with Gasteiger partial charge in [-0.3, -0.25) is 4.79 Å². The van der Waals surface area contributed by atoms with Crippen molar-refractivity contribution < 1.29 is 9.18 Å². The number of nitrogens with one attached hydrogen (secondary N) is 1. The highest BCUT2D eigenvalue weighted by Gasteiger charge is 2.11. The average molecular weight is 309 g/mol. The standard InChI is InChI=1S/C14H10ClFN2OS/c15-10-3-4-13(12(16)7-10)18-14(19)9-6-11(20-8-9)2-1-5-17/h3-4,6-8H,5,17H2,(H,18,19). The van der Waals surface area contributed by atoms with E-state index in [1.807, 2.05) is 0 Å². The van der Waals surface area contributed by atoms with Gasteiger partial charge in [0, 0.05) is 10.4 Å². The number of benzene rings is 1. The topological polar surface area (TPSA) is 55.1 Å². The van der Waals surface area contributed by atoms with Gasteiger partial charge in [-0.1, -0.05) is 23.4 Å². The van der Waals surface area contributed by atoms with E-state index in [2.05, 4.69) is 17.2 Å². The van der Waals surface area contributed by atoms with Gasteiger partial charge in [-0.05, 0) is 24.3 Å². The SMILES string of the molecule is NCC#Cc1cc(C(=O)Nc2ccc(Cl)cc2F)cs1. The highest BCUT2D eigenvalue weighted by Crippen LogP contribution is 2.20. The lowest BCUT2D eigenvalue weighted by Crippen LogP contribution is -2.11. The van der Waals surface area contributed by atoms with Gasteiger partial charge in [-0.2, -0.15) is 0 Å². The molecule has 0 fully saturated rings. The van der Waals surface area contributed by atoms with E-state index in [9.17, 15) is 9.18 Å². The molecule has 0 aliphatic rings. The maximum Gasteiger partial charge on any atom is 0.256 e. The molecule has 0 aliphatic heterocycles. The van der Waals surface area contributed by atoms with Crippen molar-refractivity contribution in [2.75, 3.05) is 11.9 Å². The Balaban J connectivity index is 2.13. The third-order valence-electron chi connectivity index (χ3n) is 2.35. The molecule has 0 saturated heterocycles. The van der Waals surface area contributed by atoms with E-state index in [1.54, 1.807) is 11.4 Å². The van der Waals surface area contributed by atoms with E-state index in [1.165, 1.54) is 23.5 Å². The summed E-state index contributed by atoms with van der Waals surface area (Å²) in [5.74, 6) is 4.56. The summed E-state index contributed by atoms with van der Waals surface area (Å²) in [6.07, 6.45) is 0. The number of carbonyl (C=O) groups excluding carboxylic acids is 1. The molecule has 0 bridgehead atoms. The number of thiophene rings is 1. The van der Waals surface area contributed by atoms with Crippen molar-refractivity contribution in [3.05, 3.63) is 50.9 Å². The van der Waals surface area contributed by atoms with Crippen LogP contribution in [0, 0.1) is 17.7 Å². The molecule has 1 aromatic carbocycles. The van der Waals surface area contributed by atoms with Crippen molar-refractivity contribution in [3.63, 3.8) is 0 Å². The van der Waals surface area contributed by atoms with Crippen molar-refractivity contribution in [1.29, 1.82) is 0 Å². The average Bonchev–Trinajstić information content (AvgIpc) is 2.88. The molecule has 3 N–H and O–H groups in total. The van der Waals surface area contributed by atoms with Gasteiger partial charge in [0.25, 0.3) is 5.91 Å². The summed E-state index contributed by atoms with van der Waals surface area (Å²) in [6.45, 7) is 0.259. The van der Waals surface area contributed by atoms with Gasteiger partial charge in [-0.25, -0.2) is 4.39 Å². The zero-order chi connectivity index (χ0) is 14.5. The Hall–Kier alpha value is -1.87. The Kier molecular flexibility index (Phi) is 4.74. The van der Waals surface area contributed by atoms with Gasteiger partial charge < -0.3 is 11.1 Å². The first-order valence-corrected chi connectivity index (χ1v) is 6.90. The third-order valence-corrected chi connectivity index (χ3v) is 3.44. The van der Waals surface area contributed by atoms with Crippen LogP contribution in [0.5, 0.6) is 0 Å². The monoisotopic (exact) mass is 308 g/mol. The van der Waals surface area contributed by atoms with Gasteiger partial charge in [0.1, 0.15) is 5.82 Å². The molecule has 0 unspecified atom stereocenters. The van der Waals surface area contributed by atoms with Crippen molar-refractivity contribution in [1.82, 2.24) is 0 Å². The first-order valence-electron chi connectivity index (χ1n) is 5.64. The Morgan fingerprint density at radius 3 is 2.95 bits per heavy atom. The molecule has 0 spiro atoms. The molecule has 0 atom stereocenters. The maximum atomic E-state index is 13.6. The summed E-state index contributed by atoms with van der Waals surface area (Å²) in [6, 6.07) is 5.70. The smallest absolute Gasteiger partial charge is 0.256 e. The molecule has 1 amide bonds. The van der Waals surface area contributed by atoms with Crippen LogP contribution in [-0.4, -0.2) is 12.5 Å². The molecule has 6 heteroatoms. The van der Waals surface area contributed by atoms with E-state index < -0.39 is 11.7 Å². The Morgan fingerprint density at radius 2 is 2.25 bits per heavy atom. The number of carbonyl (C=O) groups is 1. The van der Waals surface area contributed by atoms with Crippen LogP contribution in [0.25, 0.3) is 0 Å². The number of anilines is 1. The lowest BCUT2D eigenvalue weighted by Gasteiger charge is -2.05. The van der Waals surface area contributed by atoms with Crippen molar-refractivity contribution in [3.8, 4) is 11.8 Å². The lowest BCUT2D eigenvalue weighted by atomic mass is 10.2. The van der Waals surface area contributed by atoms with Crippen LogP contribution >= 0.6 is 22.9 Å². The van der Waals surface area contributed by atoms with Crippen molar-refractivity contribution in [2.24, 2.45) is 5.73 Å². The molecule has 1 aromatic heterocycles. The fourth-order valence-electron chi connectivity index (χ4n) is 1.44. The zero-order valence-corrected chi connectivity index (χ0v) is 11.8. The minimum atomic E-state index is -0.579. The maximum absolute atomic E-state index is 13.6. The molecule has 0 radical (unpaired) electrons. The first-order chi connectivity index (χ1) is 9.60.